The molecule has 1 fully saturated rings. The van der Waals surface area contributed by atoms with Gasteiger partial charge in [0.1, 0.15) is 0 Å². The molecule has 0 atom stereocenters. The molecule has 0 heterocycles. The Morgan fingerprint density at radius 1 is 1.60 bits per heavy atom. The fourth-order valence-corrected chi connectivity index (χ4v) is 1.06. The highest BCUT2D eigenvalue weighted by Crippen LogP contribution is 2.29. The summed E-state index contributed by atoms with van der Waals surface area (Å²) in [5.74, 6) is 1.09. The molecule has 0 N–H and O–H groups in total. The average Bonchev–Trinajstić information content (AvgIpc) is 2.70. The maximum absolute atomic E-state index is 11.0. The van der Waals surface area contributed by atoms with Gasteiger partial charge in [0.2, 0.25) is 5.91 Å². The summed E-state index contributed by atoms with van der Waals surface area (Å²) in [7, 11) is 1.89. The Hall–Kier alpha value is -0.530. The molecule has 0 aromatic heterocycles. The predicted octanol–water partition coefficient (Wildman–Crippen LogP) is 1.26. The van der Waals surface area contributed by atoms with Crippen LogP contribution in [-0.2, 0) is 4.79 Å². The molecule has 2 heteroatoms. The van der Waals surface area contributed by atoms with Crippen molar-refractivity contribution in [2.75, 3.05) is 13.6 Å². The molecular weight excluding hydrogens is 126 g/mol. The Bertz CT molecular complexity index is 129. The summed E-state index contributed by atoms with van der Waals surface area (Å²) < 4.78 is 0. The smallest absolute Gasteiger partial charge is 0.222 e. The highest BCUT2D eigenvalue weighted by Gasteiger charge is 2.23. The van der Waals surface area contributed by atoms with Gasteiger partial charge in [0, 0.05) is 20.0 Å². The van der Waals surface area contributed by atoms with Gasteiger partial charge in [-0.2, -0.15) is 0 Å². The van der Waals surface area contributed by atoms with Gasteiger partial charge in [-0.15, -0.1) is 0 Å². The first-order valence-corrected chi connectivity index (χ1v) is 3.98. The van der Waals surface area contributed by atoms with Crippen LogP contribution in [0.2, 0.25) is 0 Å². The van der Waals surface area contributed by atoms with Gasteiger partial charge >= 0.3 is 0 Å². The minimum atomic E-state index is 0.270. The molecule has 0 radical (unpaired) electrons. The summed E-state index contributed by atoms with van der Waals surface area (Å²) >= 11 is 0. The first-order valence-electron chi connectivity index (χ1n) is 3.98. The van der Waals surface area contributed by atoms with E-state index in [0.717, 1.165) is 12.5 Å². The second kappa shape index (κ2) is 3.04. The van der Waals surface area contributed by atoms with Crippen molar-refractivity contribution in [3.05, 3.63) is 0 Å². The van der Waals surface area contributed by atoms with Gasteiger partial charge in [-0.3, -0.25) is 4.79 Å². The molecule has 0 saturated heterocycles. The van der Waals surface area contributed by atoms with Gasteiger partial charge in [0.25, 0.3) is 0 Å². The Balaban J connectivity index is 2.18. The van der Waals surface area contributed by atoms with Crippen molar-refractivity contribution in [1.29, 1.82) is 0 Å². The Kier molecular flexibility index (Phi) is 2.30. The highest BCUT2D eigenvalue weighted by atomic mass is 16.2. The first kappa shape index (κ1) is 7.58. The zero-order chi connectivity index (χ0) is 7.56. The lowest BCUT2D eigenvalue weighted by Gasteiger charge is -2.14. The van der Waals surface area contributed by atoms with Crippen LogP contribution in [0.4, 0.5) is 0 Å². The van der Waals surface area contributed by atoms with Gasteiger partial charge in [0.05, 0.1) is 0 Å². The second-order valence-corrected chi connectivity index (χ2v) is 3.07. The predicted molar refractivity (Wildman–Crippen MR) is 40.7 cm³/mol. The zero-order valence-electron chi connectivity index (χ0n) is 6.76. The van der Waals surface area contributed by atoms with Gasteiger partial charge in [-0.05, 0) is 18.8 Å². The number of carbonyl (C=O) groups is 1. The number of hydrogen-bond acceptors (Lipinski definition) is 1. The van der Waals surface area contributed by atoms with Crippen LogP contribution in [-0.4, -0.2) is 24.4 Å². The lowest BCUT2D eigenvalue weighted by atomic mass is 10.3. The molecule has 0 bridgehead atoms. The average molecular weight is 141 g/mol. The molecule has 2 nitrogen and oxygen atoms in total. The van der Waals surface area contributed by atoms with Crippen molar-refractivity contribution in [3.8, 4) is 0 Å². The minimum absolute atomic E-state index is 0.270. The van der Waals surface area contributed by atoms with Gasteiger partial charge in [0.15, 0.2) is 0 Å². The van der Waals surface area contributed by atoms with E-state index in [2.05, 4.69) is 0 Å². The lowest BCUT2D eigenvalue weighted by molar-refractivity contribution is -0.129. The van der Waals surface area contributed by atoms with E-state index in [9.17, 15) is 4.79 Å². The Morgan fingerprint density at radius 2 is 2.20 bits per heavy atom. The standard InChI is InChI=1S/C8H15NO/c1-3-8(10)9(2)6-7-4-5-7/h7H,3-6H2,1-2H3. The SMILES string of the molecule is CCC(=O)N(C)CC1CC1. The van der Waals surface area contributed by atoms with E-state index in [0.29, 0.717) is 6.42 Å². The van der Waals surface area contributed by atoms with Crippen LogP contribution >= 0.6 is 0 Å². The number of amides is 1. The van der Waals surface area contributed by atoms with Crippen LogP contribution in [0.15, 0.2) is 0 Å². The molecule has 0 aromatic carbocycles. The van der Waals surface area contributed by atoms with Gasteiger partial charge in [-0.1, -0.05) is 6.92 Å². The summed E-state index contributed by atoms with van der Waals surface area (Å²) in [6.07, 6.45) is 3.28. The van der Waals surface area contributed by atoms with Crippen LogP contribution < -0.4 is 0 Å². The van der Waals surface area contributed by atoms with Crippen LogP contribution in [0, 0.1) is 5.92 Å². The summed E-state index contributed by atoms with van der Waals surface area (Å²) in [6.45, 7) is 2.89. The Morgan fingerprint density at radius 3 is 2.60 bits per heavy atom. The molecule has 58 valence electrons. The molecule has 0 aliphatic heterocycles. The molecule has 1 aliphatic rings. The van der Waals surface area contributed by atoms with Crippen molar-refractivity contribution in [2.45, 2.75) is 26.2 Å². The maximum Gasteiger partial charge on any atom is 0.222 e. The number of nitrogens with zero attached hydrogens (tertiary/aromatic N) is 1. The van der Waals surface area contributed by atoms with Crippen molar-refractivity contribution < 1.29 is 4.79 Å². The highest BCUT2D eigenvalue weighted by molar-refractivity contribution is 5.75. The molecule has 1 rings (SSSR count). The lowest BCUT2D eigenvalue weighted by Crippen LogP contribution is -2.27. The van der Waals surface area contributed by atoms with E-state index in [4.69, 9.17) is 0 Å². The molecule has 0 unspecified atom stereocenters. The second-order valence-electron chi connectivity index (χ2n) is 3.07. The van der Waals surface area contributed by atoms with Gasteiger partial charge < -0.3 is 4.90 Å². The number of carbonyl (C=O) groups excluding carboxylic acids is 1. The molecule has 10 heavy (non-hydrogen) atoms. The summed E-state index contributed by atoms with van der Waals surface area (Å²) in [6, 6.07) is 0. The monoisotopic (exact) mass is 141 g/mol. The van der Waals surface area contributed by atoms with E-state index in [1.807, 2.05) is 18.9 Å². The van der Waals surface area contributed by atoms with Crippen molar-refractivity contribution in [2.24, 2.45) is 5.92 Å². The number of rotatable bonds is 3. The van der Waals surface area contributed by atoms with E-state index in [1.54, 1.807) is 0 Å². The fourth-order valence-electron chi connectivity index (χ4n) is 1.06. The molecule has 1 aliphatic carbocycles. The maximum atomic E-state index is 11.0. The normalized spacial score (nSPS) is 17.0. The minimum Gasteiger partial charge on any atom is -0.345 e. The molecule has 1 saturated carbocycles. The zero-order valence-corrected chi connectivity index (χ0v) is 6.76. The van der Waals surface area contributed by atoms with E-state index >= 15 is 0 Å². The van der Waals surface area contributed by atoms with Crippen molar-refractivity contribution in [1.82, 2.24) is 4.90 Å². The van der Waals surface area contributed by atoms with Crippen LogP contribution in [0.3, 0.4) is 0 Å². The van der Waals surface area contributed by atoms with Crippen LogP contribution in [0.5, 0.6) is 0 Å². The third-order valence-electron chi connectivity index (χ3n) is 1.96. The van der Waals surface area contributed by atoms with E-state index < -0.39 is 0 Å². The Labute approximate surface area is 62.2 Å². The van der Waals surface area contributed by atoms with Crippen LogP contribution in [0.25, 0.3) is 0 Å². The molecule has 0 aromatic rings. The summed E-state index contributed by atoms with van der Waals surface area (Å²) in [5, 5.41) is 0. The third kappa shape index (κ3) is 2.01. The van der Waals surface area contributed by atoms with E-state index in [-0.39, 0.29) is 5.91 Å². The van der Waals surface area contributed by atoms with Crippen molar-refractivity contribution >= 4 is 5.91 Å². The van der Waals surface area contributed by atoms with E-state index in [1.165, 1.54) is 12.8 Å². The van der Waals surface area contributed by atoms with Crippen molar-refractivity contribution in [3.63, 3.8) is 0 Å². The van der Waals surface area contributed by atoms with Crippen LogP contribution in [0.1, 0.15) is 26.2 Å². The quantitative estimate of drug-likeness (QED) is 0.579. The summed E-state index contributed by atoms with van der Waals surface area (Å²) in [5.41, 5.74) is 0. The molecular formula is C8H15NO. The fraction of sp³-hybridized carbons (Fsp3) is 0.875. The third-order valence-corrected chi connectivity index (χ3v) is 1.96. The molecule has 0 spiro atoms. The topological polar surface area (TPSA) is 20.3 Å². The summed E-state index contributed by atoms with van der Waals surface area (Å²) in [4.78, 5) is 12.8. The number of hydrogen-bond donors (Lipinski definition) is 0. The molecule has 1 amide bonds. The largest absolute Gasteiger partial charge is 0.345 e. The van der Waals surface area contributed by atoms with Gasteiger partial charge in [-0.25, -0.2) is 0 Å². The first-order chi connectivity index (χ1) is 4.74.